The van der Waals surface area contributed by atoms with Gasteiger partial charge in [-0.2, -0.15) is 9.36 Å². The first kappa shape index (κ1) is 19.1. The third-order valence-corrected chi connectivity index (χ3v) is 5.53. The summed E-state index contributed by atoms with van der Waals surface area (Å²) in [5, 5.41) is 12.1. The van der Waals surface area contributed by atoms with E-state index in [9.17, 15) is 4.79 Å². The van der Waals surface area contributed by atoms with Crippen LogP contribution in [0.3, 0.4) is 0 Å². The van der Waals surface area contributed by atoms with Crippen LogP contribution < -0.4 is 5.69 Å². The molecule has 0 atom stereocenters. The Morgan fingerprint density at radius 2 is 1.93 bits per heavy atom. The van der Waals surface area contributed by atoms with Crippen molar-refractivity contribution in [2.75, 3.05) is 0 Å². The van der Waals surface area contributed by atoms with E-state index in [0.717, 1.165) is 22.4 Å². The first-order valence-electron chi connectivity index (χ1n) is 9.81. The van der Waals surface area contributed by atoms with Crippen molar-refractivity contribution in [3.8, 4) is 5.69 Å². The minimum absolute atomic E-state index is 0.240. The van der Waals surface area contributed by atoms with Crippen LogP contribution in [-0.2, 0) is 18.5 Å². The second-order valence-corrected chi connectivity index (χ2v) is 7.61. The number of rotatable bonds is 6. The predicted molar refractivity (Wildman–Crippen MR) is 111 cm³/mol. The molecular formula is C22H25N5O2. The molecule has 150 valence electrons. The van der Waals surface area contributed by atoms with Crippen LogP contribution in [0.2, 0.25) is 0 Å². The number of oxime groups is 1. The summed E-state index contributed by atoms with van der Waals surface area (Å²) in [5.41, 5.74) is 6.87. The Labute approximate surface area is 169 Å². The number of nitrogens with zero attached hydrogens (tertiary/aromatic N) is 5. The first-order valence-corrected chi connectivity index (χ1v) is 9.81. The van der Waals surface area contributed by atoms with Gasteiger partial charge < -0.3 is 4.84 Å². The second kappa shape index (κ2) is 7.66. The van der Waals surface area contributed by atoms with E-state index < -0.39 is 0 Å². The summed E-state index contributed by atoms with van der Waals surface area (Å²) in [6.07, 6.45) is 2.55. The molecule has 0 amide bonds. The van der Waals surface area contributed by atoms with E-state index in [1.807, 2.05) is 32.0 Å². The molecule has 0 aliphatic heterocycles. The number of tetrazole rings is 1. The van der Waals surface area contributed by atoms with E-state index in [1.165, 1.54) is 33.3 Å². The van der Waals surface area contributed by atoms with Gasteiger partial charge in [-0.3, -0.25) is 0 Å². The number of aryl methyl sites for hydroxylation is 2. The first-order chi connectivity index (χ1) is 14.0. The lowest BCUT2D eigenvalue weighted by Gasteiger charge is -2.12. The summed E-state index contributed by atoms with van der Waals surface area (Å²) in [4.78, 5) is 18.0. The van der Waals surface area contributed by atoms with E-state index in [-0.39, 0.29) is 12.3 Å². The Hall–Kier alpha value is -3.22. The molecule has 3 aromatic rings. The highest BCUT2D eigenvalue weighted by atomic mass is 16.6. The van der Waals surface area contributed by atoms with Gasteiger partial charge in [0.05, 0.1) is 11.4 Å². The normalized spacial score (nSPS) is 14.3. The molecule has 0 radical (unpaired) electrons. The van der Waals surface area contributed by atoms with E-state index in [4.69, 9.17) is 4.84 Å². The van der Waals surface area contributed by atoms with Crippen LogP contribution in [0, 0.1) is 13.8 Å². The van der Waals surface area contributed by atoms with Gasteiger partial charge in [0, 0.05) is 18.2 Å². The van der Waals surface area contributed by atoms with E-state index in [2.05, 4.69) is 40.7 Å². The summed E-state index contributed by atoms with van der Waals surface area (Å²) in [6, 6.07) is 12.1. The maximum atomic E-state index is 12.3. The van der Waals surface area contributed by atoms with Gasteiger partial charge in [0.2, 0.25) is 0 Å². The lowest BCUT2D eigenvalue weighted by molar-refractivity contribution is 0.130. The summed E-state index contributed by atoms with van der Waals surface area (Å²) < 4.78 is 2.48. The molecule has 0 unspecified atom stereocenters. The van der Waals surface area contributed by atoms with E-state index in [0.29, 0.717) is 11.6 Å². The number of aromatic nitrogens is 4. The monoisotopic (exact) mass is 391 g/mol. The van der Waals surface area contributed by atoms with Crippen LogP contribution in [0.15, 0.2) is 46.3 Å². The molecule has 2 aromatic carbocycles. The van der Waals surface area contributed by atoms with Crippen LogP contribution in [-0.4, -0.2) is 25.5 Å². The highest BCUT2D eigenvalue weighted by molar-refractivity contribution is 5.99. The predicted octanol–water partition coefficient (Wildman–Crippen LogP) is 3.40. The molecule has 4 rings (SSSR count). The van der Waals surface area contributed by atoms with Crippen molar-refractivity contribution in [3.05, 3.63) is 74.7 Å². The van der Waals surface area contributed by atoms with Crippen LogP contribution in [0.1, 0.15) is 53.5 Å². The number of hydrogen-bond acceptors (Lipinski definition) is 5. The number of hydrogen-bond donors (Lipinski definition) is 0. The van der Waals surface area contributed by atoms with Crippen LogP contribution in [0.5, 0.6) is 0 Å². The van der Waals surface area contributed by atoms with Gasteiger partial charge in [0.1, 0.15) is 6.61 Å². The summed E-state index contributed by atoms with van der Waals surface area (Å²) >= 11 is 0. The van der Waals surface area contributed by atoms with Crippen molar-refractivity contribution in [2.24, 2.45) is 12.2 Å². The summed E-state index contributed by atoms with van der Waals surface area (Å²) in [7, 11) is 1.57. The minimum Gasteiger partial charge on any atom is -0.391 e. The standard InChI is InChI=1S/C22H25N5O2/c1-14-7-5-10-21(27-22(28)26(4)24-25-27)20(14)13-29-23-16(3)18-8-6-9-19(15(18)2)17-11-12-17/h5-10,17H,11-13H2,1-4H3/b23-16-. The average molecular weight is 391 g/mol. The second-order valence-electron chi connectivity index (χ2n) is 7.61. The van der Waals surface area contributed by atoms with Gasteiger partial charge in [0.15, 0.2) is 0 Å². The van der Waals surface area contributed by atoms with Gasteiger partial charge in [-0.05, 0) is 72.7 Å². The fourth-order valence-electron chi connectivity index (χ4n) is 3.66. The molecule has 7 nitrogen and oxygen atoms in total. The van der Waals surface area contributed by atoms with E-state index >= 15 is 0 Å². The third-order valence-electron chi connectivity index (χ3n) is 5.53. The zero-order chi connectivity index (χ0) is 20.5. The Morgan fingerprint density at radius 1 is 1.17 bits per heavy atom. The van der Waals surface area contributed by atoms with Gasteiger partial charge in [0.25, 0.3) is 0 Å². The van der Waals surface area contributed by atoms with Crippen molar-refractivity contribution in [3.63, 3.8) is 0 Å². The van der Waals surface area contributed by atoms with Crippen molar-refractivity contribution >= 4 is 5.71 Å². The quantitative estimate of drug-likeness (QED) is 0.477. The minimum atomic E-state index is -0.302. The fraction of sp³-hybridized carbons (Fsp3) is 0.364. The molecule has 0 spiro atoms. The maximum Gasteiger partial charge on any atom is 0.368 e. The molecule has 1 saturated carbocycles. The zero-order valence-corrected chi connectivity index (χ0v) is 17.2. The highest BCUT2D eigenvalue weighted by Gasteiger charge is 2.25. The van der Waals surface area contributed by atoms with Crippen molar-refractivity contribution in [2.45, 2.75) is 46.1 Å². The number of benzene rings is 2. The molecular weight excluding hydrogens is 366 g/mol. The fourth-order valence-corrected chi connectivity index (χ4v) is 3.66. The van der Waals surface area contributed by atoms with Crippen LogP contribution in [0.4, 0.5) is 0 Å². The van der Waals surface area contributed by atoms with Gasteiger partial charge >= 0.3 is 5.69 Å². The van der Waals surface area contributed by atoms with Gasteiger partial charge in [-0.15, -0.1) is 0 Å². The van der Waals surface area contributed by atoms with Gasteiger partial charge in [-0.1, -0.05) is 35.5 Å². The Morgan fingerprint density at radius 3 is 2.62 bits per heavy atom. The molecule has 1 heterocycles. The smallest absolute Gasteiger partial charge is 0.368 e. The van der Waals surface area contributed by atoms with Crippen LogP contribution >= 0.6 is 0 Å². The van der Waals surface area contributed by atoms with Crippen LogP contribution in [0.25, 0.3) is 5.69 Å². The van der Waals surface area contributed by atoms with Crippen molar-refractivity contribution in [1.82, 2.24) is 19.8 Å². The Balaban J connectivity index is 1.58. The molecule has 7 heteroatoms. The lowest BCUT2D eigenvalue weighted by atomic mass is 9.97. The maximum absolute atomic E-state index is 12.3. The lowest BCUT2D eigenvalue weighted by Crippen LogP contribution is -2.23. The molecule has 0 N–H and O–H groups in total. The SMILES string of the molecule is C/C(=N/OCc1c(C)cccc1-n1nnn(C)c1=O)c1cccc(C2CC2)c1C. The van der Waals surface area contributed by atoms with E-state index in [1.54, 1.807) is 7.05 Å². The molecule has 0 saturated heterocycles. The largest absolute Gasteiger partial charge is 0.391 e. The van der Waals surface area contributed by atoms with Crippen molar-refractivity contribution in [1.29, 1.82) is 0 Å². The highest BCUT2D eigenvalue weighted by Crippen LogP contribution is 2.42. The molecule has 1 aliphatic carbocycles. The average Bonchev–Trinajstić information content (AvgIpc) is 3.49. The Kier molecular flexibility index (Phi) is 5.05. The summed E-state index contributed by atoms with van der Waals surface area (Å²) in [5.74, 6) is 0.698. The zero-order valence-electron chi connectivity index (χ0n) is 17.2. The summed E-state index contributed by atoms with van der Waals surface area (Å²) in [6.45, 7) is 6.33. The molecule has 1 aliphatic rings. The Bertz CT molecular complexity index is 1140. The molecule has 0 bridgehead atoms. The molecule has 29 heavy (non-hydrogen) atoms. The molecule has 1 aromatic heterocycles. The topological polar surface area (TPSA) is 74.3 Å². The third kappa shape index (κ3) is 3.72. The molecule has 1 fully saturated rings. The van der Waals surface area contributed by atoms with Crippen molar-refractivity contribution < 1.29 is 4.84 Å². The van der Waals surface area contributed by atoms with Gasteiger partial charge in [-0.25, -0.2) is 4.79 Å².